The van der Waals surface area contributed by atoms with Gasteiger partial charge in [0.15, 0.2) is 0 Å². The summed E-state index contributed by atoms with van der Waals surface area (Å²) in [6.45, 7) is 3.97. The molecule has 0 bridgehead atoms. The first-order chi connectivity index (χ1) is 4.99. The second-order valence-corrected chi connectivity index (χ2v) is 3.66. The minimum atomic E-state index is -0.195. The molecule has 0 aromatic heterocycles. The van der Waals surface area contributed by atoms with Crippen LogP contribution in [0.3, 0.4) is 0 Å². The third-order valence-corrected chi connectivity index (χ3v) is 2.57. The van der Waals surface area contributed by atoms with E-state index in [4.69, 9.17) is 10.5 Å². The number of amides is 1. The molecule has 2 N–H and O–H groups in total. The fraction of sp³-hybridized carbons (Fsp3) is 0.875. The van der Waals surface area contributed by atoms with E-state index < -0.39 is 0 Å². The molecule has 0 aliphatic heterocycles. The number of hydrogen-bond acceptors (Lipinski definition) is 2. The standard InChI is InChI=1S/C8H15NO2/c1-8(2,11-3)6-4-5(6)7(9)10/h5-6H,4H2,1-3H3,(H2,9,10). The van der Waals surface area contributed by atoms with E-state index in [2.05, 4.69) is 0 Å². The number of carbonyl (C=O) groups excluding carboxylic acids is 1. The van der Waals surface area contributed by atoms with Crippen molar-refractivity contribution in [3.05, 3.63) is 0 Å². The van der Waals surface area contributed by atoms with Crippen LogP contribution in [-0.2, 0) is 9.53 Å². The summed E-state index contributed by atoms with van der Waals surface area (Å²) in [5.41, 5.74) is 4.95. The van der Waals surface area contributed by atoms with E-state index in [9.17, 15) is 4.79 Å². The second kappa shape index (κ2) is 2.48. The molecule has 1 aliphatic rings. The summed E-state index contributed by atoms with van der Waals surface area (Å²) in [6, 6.07) is 0. The normalized spacial score (nSPS) is 30.1. The summed E-state index contributed by atoms with van der Waals surface area (Å²) in [7, 11) is 1.66. The minimum Gasteiger partial charge on any atom is -0.379 e. The molecule has 2 atom stereocenters. The number of nitrogens with two attached hydrogens (primary N) is 1. The van der Waals surface area contributed by atoms with E-state index in [0.717, 1.165) is 6.42 Å². The molecule has 3 nitrogen and oxygen atoms in total. The van der Waals surface area contributed by atoms with Crippen LogP contribution in [0.15, 0.2) is 0 Å². The van der Waals surface area contributed by atoms with Crippen molar-refractivity contribution in [1.29, 1.82) is 0 Å². The molecule has 0 spiro atoms. The highest BCUT2D eigenvalue weighted by Crippen LogP contribution is 2.47. The molecule has 0 heterocycles. The van der Waals surface area contributed by atoms with Gasteiger partial charge in [0.1, 0.15) is 0 Å². The number of ether oxygens (including phenoxy) is 1. The van der Waals surface area contributed by atoms with Gasteiger partial charge in [-0.2, -0.15) is 0 Å². The largest absolute Gasteiger partial charge is 0.379 e. The van der Waals surface area contributed by atoms with Crippen molar-refractivity contribution in [3.8, 4) is 0 Å². The van der Waals surface area contributed by atoms with Crippen LogP contribution in [0.5, 0.6) is 0 Å². The maximum Gasteiger partial charge on any atom is 0.220 e. The third kappa shape index (κ3) is 1.53. The van der Waals surface area contributed by atoms with Gasteiger partial charge >= 0.3 is 0 Å². The van der Waals surface area contributed by atoms with Crippen molar-refractivity contribution in [3.63, 3.8) is 0 Å². The zero-order valence-electron chi connectivity index (χ0n) is 7.26. The number of primary amides is 1. The highest BCUT2D eigenvalue weighted by atomic mass is 16.5. The van der Waals surface area contributed by atoms with Crippen molar-refractivity contribution in [2.24, 2.45) is 17.6 Å². The van der Waals surface area contributed by atoms with Crippen molar-refractivity contribution in [1.82, 2.24) is 0 Å². The van der Waals surface area contributed by atoms with Crippen molar-refractivity contribution < 1.29 is 9.53 Å². The zero-order chi connectivity index (χ0) is 8.65. The molecular weight excluding hydrogens is 142 g/mol. The van der Waals surface area contributed by atoms with Gasteiger partial charge in [0.05, 0.1) is 5.60 Å². The topological polar surface area (TPSA) is 52.3 Å². The van der Waals surface area contributed by atoms with E-state index in [-0.39, 0.29) is 17.4 Å². The lowest BCUT2D eigenvalue weighted by Crippen LogP contribution is -2.28. The smallest absolute Gasteiger partial charge is 0.220 e. The Balaban J connectivity index is 2.49. The van der Waals surface area contributed by atoms with E-state index in [1.807, 2.05) is 13.8 Å². The Morgan fingerprint density at radius 3 is 2.45 bits per heavy atom. The van der Waals surface area contributed by atoms with Gasteiger partial charge < -0.3 is 10.5 Å². The highest BCUT2D eigenvalue weighted by Gasteiger charge is 2.51. The zero-order valence-corrected chi connectivity index (χ0v) is 7.26. The quantitative estimate of drug-likeness (QED) is 0.649. The maximum atomic E-state index is 10.7. The Kier molecular flexibility index (Phi) is 1.92. The predicted octanol–water partition coefficient (Wildman–Crippen LogP) is 0.533. The summed E-state index contributed by atoms with van der Waals surface area (Å²) in [6.07, 6.45) is 0.885. The van der Waals surface area contributed by atoms with E-state index in [1.165, 1.54) is 0 Å². The molecule has 2 unspecified atom stereocenters. The van der Waals surface area contributed by atoms with Crippen molar-refractivity contribution >= 4 is 5.91 Å². The van der Waals surface area contributed by atoms with Crippen LogP contribution in [0.2, 0.25) is 0 Å². The van der Waals surface area contributed by atoms with Crippen LogP contribution in [0.25, 0.3) is 0 Å². The molecule has 0 saturated heterocycles. The average molecular weight is 157 g/mol. The van der Waals surface area contributed by atoms with E-state index in [0.29, 0.717) is 5.92 Å². The number of methoxy groups -OCH3 is 1. The second-order valence-electron chi connectivity index (χ2n) is 3.66. The Labute approximate surface area is 66.9 Å². The van der Waals surface area contributed by atoms with Gasteiger partial charge in [-0.1, -0.05) is 0 Å². The van der Waals surface area contributed by atoms with Crippen molar-refractivity contribution in [2.75, 3.05) is 7.11 Å². The lowest BCUT2D eigenvalue weighted by Gasteiger charge is -2.22. The van der Waals surface area contributed by atoms with Gasteiger partial charge in [-0.25, -0.2) is 0 Å². The van der Waals surface area contributed by atoms with Crippen LogP contribution >= 0.6 is 0 Å². The predicted molar refractivity (Wildman–Crippen MR) is 41.9 cm³/mol. The Morgan fingerprint density at radius 2 is 2.18 bits per heavy atom. The number of rotatable bonds is 3. The van der Waals surface area contributed by atoms with Crippen LogP contribution in [0.4, 0.5) is 0 Å². The van der Waals surface area contributed by atoms with Gasteiger partial charge in [-0.15, -0.1) is 0 Å². The molecule has 0 aromatic carbocycles. The Morgan fingerprint density at radius 1 is 1.64 bits per heavy atom. The maximum absolute atomic E-state index is 10.7. The molecule has 1 saturated carbocycles. The fourth-order valence-electron chi connectivity index (χ4n) is 1.43. The molecule has 64 valence electrons. The SMILES string of the molecule is COC(C)(C)C1CC1C(N)=O. The summed E-state index contributed by atoms with van der Waals surface area (Å²) in [4.78, 5) is 10.7. The molecule has 1 aliphatic carbocycles. The summed E-state index contributed by atoms with van der Waals surface area (Å²) >= 11 is 0. The first-order valence-electron chi connectivity index (χ1n) is 3.83. The molecule has 1 rings (SSSR count). The number of hydrogen-bond donors (Lipinski definition) is 1. The van der Waals surface area contributed by atoms with Crippen LogP contribution in [0, 0.1) is 11.8 Å². The van der Waals surface area contributed by atoms with Crippen LogP contribution < -0.4 is 5.73 Å². The molecule has 11 heavy (non-hydrogen) atoms. The lowest BCUT2D eigenvalue weighted by atomic mass is 10.0. The molecule has 0 radical (unpaired) electrons. The number of carbonyl (C=O) groups is 1. The summed E-state index contributed by atoms with van der Waals surface area (Å²) in [5, 5.41) is 0. The van der Waals surface area contributed by atoms with Crippen LogP contribution in [-0.4, -0.2) is 18.6 Å². The van der Waals surface area contributed by atoms with E-state index in [1.54, 1.807) is 7.11 Å². The monoisotopic (exact) mass is 157 g/mol. The molecule has 1 fully saturated rings. The summed E-state index contributed by atoms with van der Waals surface area (Å²) < 4.78 is 5.23. The van der Waals surface area contributed by atoms with Crippen LogP contribution in [0.1, 0.15) is 20.3 Å². The van der Waals surface area contributed by atoms with Crippen molar-refractivity contribution in [2.45, 2.75) is 25.9 Å². The summed E-state index contributed by atoms with van der Waals surface area (Å²) in [5.74, 6) is 0.176. The molecule has 1 amide bonds. The van der Waals surface area contributed by atoms with Gasteiger partial charge in [0.25, 0.3) is 0 Å². The lowest BCUT2D eigenvalue weighted by molar-refractivity contribution is -0.120. The average Bonchev–Trinajstić information content (AvgIpc) is 2.65. The fourth-order valence-corrected chi connectivity index (χ4v) is 1.43. The van der Waals surface area contributed by atoms with Gasteiger partial charge in [0.2, 0.25) is 5.91 Å². The third-order valence-electron chi connectivity index (χ3n) is 2.57. The molecule has 3 heteroatoms. The molecule has 0 aromatic rings. The van der Waals surface area contributed by atoms with Gasteiger partial charge in [-0.05, 0) is 26.2 Å². The Bertz CT molecular complexity index is 177. The minimum absolute atomic E-state index is 0.0462. The molecular formula is C8H15NO2. The highest BCUT2D eigenvalue weighted by molar-refractivity contribution is 5.79. The first kappa shape index (κ1) is 8.53. The van der Waals surface area contributed by atoms with E-state index >= 15 is 0 Å². The Hall–Kier alpha value is -0.570. The first-order valence-corrected chi connectivity index (χ1v) is 3.83. The van der Waals surface area contributed by atoms with Gasteiger partial charge in [-0.3, -0.25) is 4.79 Å². The van der Waals surface area contributed by atoms with Gasteiger partial charge in [0, 0.05) is 13.0 Å².